The van der Waals surface area contributed by atoms with Gasteiger partial charge in [-0.15, -0.1) is 0 Å². The smallest absolute Gasteiger partial charge is 0.351 e. The summed E-state index contributed by atoms with van der Waals surface area (Å²) >= 11 is 0. The summed E-state index contributed by atoms with van der Waals surface area (Å²) in [6.45, 7) is 0.959. The summed E-state index contributed by atoms with van der Waals surface area (Å²) < 4.78 is 6.40. The minimum Gasteiger partial charge on any atom is -0.394 e. The summed E-state index contributed by atoms with van der Waals surface area (Å²) in [5.41, 5.74) is 3.17. The summed E-state index contributed by atoms with van der Waals surface area (Å²) in [5, 5.41) is 28.7. The van der Waals surface area contributed by atoms with Gasteiger partial charge in [0.2, 0.25) is 0 Å². The van der Waals surface area contributed by atoms with Crippen LogP contribution in [0.25, 0.3) is 0 Å². The summed E-state index contributed by atoms with van der Waals surface area (Å²) in [7, 11) is 0. The molecule has 0 radical (unpaired) electrons. The molecule has 0 aliphatic carbocycles. The van der Waals surface area contributed by atoms with Crippen LogP contribution in [-0.4, -0.2) is 49.8 Å². The van der Waals surface area contributed by atoms with Gasteiger partial charge in [-0.1, -0.05) is 0 Å². The number of ether oxygens (including phenoxy) is 1. The van der Waals surface area contributed by atoms with Crippen molar-refractivity contribution in [2.75, 3.05) is 12.3 Å². The zero-order valence-corrected chi connectivity index (χ0v) is 9.72. The van der Waals surface area contributed by atoms with Crippen molar-refractivity contribution in [2.45, 2.75) is 31.0 Å². The van der Waals surface area contributed by atoms with Gasteiger partial charge in [0.05, 0.1) is 6.61 Å². The molecule has 0 amide bonds. The number of anilines is 1. The third-order valence-corrected chi connectivity index (χ3v) is 3.13. The van der Waals surface area contributed by atoms with Crippen molar-refractivity contribution < 1.29 is 20.1 Å². The van der Waals surface area contributed by atoms with Crippen LogP contribution in [0.3, 0.4) is 0 Å². The van der Waals surface area contributed by atoms with Crippen LogP contribution in [0.4, 0.5) is 5.82 Å². The second-order valence-corrected chi connectivity index (χ2v) is 4.33. The normalized spacial score (nSPS) is 35.9. The van der Waals surface area contributed by atoms with Crippen LogP contribution in [0, 0.1) is 0 Å². The monoisotopic (exact) mass is 257 g/mol. The summed E-state index contributed by atoms with van der Waals surface area (Å²) in [6.07, 6.45) is -2.29. The van der Waals surface area contributed by atoms with Crippen molar-refractivity contribution in [1.29, 1.82) is 0 Å². The number of aromatic nitrogens is 2. The number of nitrogens with two attached hydrogens (primary N) is 1. The van der Waals surface area contributed by atoms with Crippen molar-refractivity contribution in [3.8, 4) is 0 Å². The largest absolute Gasteiger partial charge is 0.394 e. The molecule has 0 aromatic carbocycles. The first-order valence-electron chi connectivity index (χ1n) is 5.40. The standard InChI is InChI=1S/C10H15N3O5/c1-10(8(16)7(15)5(4-14)18-10)13-3-2-6(11)12-9(13)17/h2-3,5,7-8,14-16H,4H2,1H3,(H2,11,12,17). The highest BCUT2D eigenvalue weighted by atomic mass is 16.6. The Labute approximate surface area is 102 Å². The first-order valence-corrected chi connectivity index (χ1v) is 5.40. The predicted octanol–water partition coefficient (Wildman–Crippen LogP) is -2.39. The average molecular weight is 257 g/mol. The van der Waals surface area contributed by atoms with Gasteiger partial charge < -0.3 is 25.8 Å². The lowest BCUT2D eigenvalue weighted by Gasteiger charge is -2.29. The van der Waals surface area contributed by atoms with Crippen LogP contribution >= 0.6 is 0 Å². The molecule has 8 heteroatoms. The first kappa shape index (κ1) is 13.0. The van der Waals surface area contributed by atoms with Crippen LogP contribution in [0.5, 0.6) is 0 Å². The highest BCUT2D eigenvalue weighted by Crippen LogP contribution is 2.34. The Morgan fingerprint density at radius 1 is 1.61 bits per heavy atom. The van der Waals surface area contributed by atoms with E-state index in [-0.39, 0.29) is 5.82 Å². The zero-order valence-electron chi connectivity index (χ0n) is 9.72. The van der Waals surface area contributed by atoms with Gasteiger partial charge in [-0.2, -0.15) is 4.98 Å². The molecule has 0 spiro atoms. The third-order valence-electron chi connectivity index (χ3n) is 3.13. The number of aliphatic hydroxyl groups is 3. The minimum atomic E-state index is -1.50. The molecule has 8 nitrogen and oxygen atoms in total. The quantitative estimate of drug-likeness (QED) is 0.465. The fraction of sp³-hybridized carbons (Fsp3) is 0.600. The Bertz CT molecular complexity index is 505. The molecule has 100 valence electrons. The van der Waals surface area contributed by atoms with E-state index in [9.17, 15) is 15.0 Å². The molecule has 1 aromatic heterocycles. The van der Waals surface area contributed by atoms with E-state index in [0.717, 1.165) is 4.57 Å². The Balaban J connectivity index is 2.46. The lowest BCUT2D eigenvalue weighted by atomic mass is 10.0. The Morgan fingerprint density at radius 3 is 2.78 bits per heavy atom. The van der Waals surface area contributed by atoms with Crippen molar-refractivity contribution in [3.63, 3.8) is 0 Å². The van der Waals surface area contributed by atoms with E-state index in [1.807, 2.05) is 0 Å². The van der Waals surface area contributed by atoms with Crippen molar-refractivity contribution in [3.05, 3.63) is 22.7 Å². The van der Waals surface area contributed by atoms with Gasteiger partial charge in [-0.3, -0.25) is 4.57 Å². The fourth-order valence-corrected chi connectivity index (χ4v) is 2.06. The Morgan fingerprint density at radius 2 is 2.28 bits per heavy atom. The van der Waals surface area contributed by atoms with Crippen LogP contribution in [-0.2, 0) is 10.5 Å². The topological polar surface area (TPSA) is 131 Å². The average Bonchev–Trinajstić information content (AvgIpc) is 2.54. The molecule has 1 saturated heterocycles. The maximum absolute atomic E-state index is 11.7. The van der Waals surface area contributed by atoms with Crippen molar-refractivity contribution in [1.82, 2.24) is 9.55 Å². The molecule has 0 saturated carbocycles. The van der Waals surface area contributed by atoms with E-state index in [1.54, 1.807) is 0 Å². The minimum absolute atomic E-state index is 0.0478. The Kier molecular flexibility index (Phi) is 3.11. The van der Waals surface area contributed by atoms with Gasteiger partial charge in [-0.25, -0.2) is 4.79 Å². The van der Waals surface area contributed by atoms with Crippen LogP contribution in [0.1, 0.15) is 6.92 Å². The zero-order chi connectivity index (χ0) is 13.5. The molecule has 2 heterocycles. The van der Waals surface area contributed by atoms with Gasteiger partial charge in [0.15, 0.2) is 5.72 Å². The van der Waals surface area contributed by atoms with Gasteiger partial charge in [0.1, 0.15) is 24.1 Å². The molecule has 5 N–H and O–H groups in total. The van der Waals surface area contributed by atoms with Gasteiger partial charge in [-0.05, 0) is 13.0 Å². The van der Waals surface area contributed by atoms with Gasteiger partial charge in [0.25, 0.3) is 0 Å². The van der Waals surface area contributed by atoms with E-state index in [0.29, 0.717) is 0 Å². The highest BCUT2D eigenvalue weighted by Gasteiger charge is 2.52. The van der Waals surface area contributed by atoms with Crippen molar-refractivity contribution >= 4 is 5.82 Å². The maximum atomic E-state index is 11.7. The molecule has 1 fully saturated rings. The number of hydrogen-bond donors (Lipinski definition) is 4. The van der Waals surface area contributed by atoms with Crippen LogP contribution in [0.15, 0.2) is 17.1 Å². The number of nitrogens with zero attached hydrogens (tertiary/aromatic N) is 2. The maximum Gasteiger partial charge on any atom is 0.351 e. The second kappa shape index (κ2) is 4.32. The number of hydrogen-bond acceptors (Lipinski definition) is 7. The second-order valence-electron chi connectivity index (χ2n) is 4.33. The molecule has 18 heavy (non-hydrogen) atoms. The molecule has 4 atom stereocenters. The van der Waals surface area contributed by atoms with Crippen LogP contribution in [0.2, 0.25) is 0 Å². The Hall–Kier alpha value is -1.48. The molecular formula is C10H15N3O5. The summed E-state index contributed by atoms with van der Waals surface area (Å²) in [6, 6.07) is 1.38. The molecule has 1 aliphatic heterocycles. The lowest BCUT2D eigenvalue weighted by Crippen LogP contribution is -2.48. The number of rotatable bonds is 2. The van der Waals surface area contributed by atoms with Gasteiger partial charge >= 0.3 is 5.69 Å². The third kappa shape index (κ3) is 1.79. The van der Waals surface area contributed by atoms with E-state index < -0.39 is 36.3 Å². The number of nitrogen functional groups attached to an aromatic ring is 1. The molecule has 0 bridgehead atoms. The van der Waals surface area contributed by atoms with E-state index >= 15 is 0 Å². The first-order chi connectivity index (χ1) is 8.40. The predicted molar refractivity (Wildman–Crippen MR) is 60.5 cm³/mol. The summed E-state index contributed by atoms with van der Waals surface area (Å²) in [5.74, 6) is 0.0478. The van der Waals surface area contributed by atoms with Gasteiger partial charge in [0, 0.05) is 6.20 Å². The van der Waals surface area contributed by atoms with E-state index in [4.69, 9.17) is 15.6 Å². The lowest BCUT2D eigenvalue weighted by molar-refractivity contribution is -0.137. The highest BCUT2D eigenvalue weighted by molar-refractivity contribution is 5.24. The SMILES string of the molecule is CC1(n2ccc(N)nc2=O)OC(CO)C(O)C1O. The molecule has 4 unspecified atom stereocenters. The van der Waals surface area contributed by atoms with E-state index in [1.165, 1.54) is 19.2 Å². The van der Waals surface area contributed by atoms with Crippen LogP contribution < -0.4 is 11.4 Å². The van der Waals surface area contributed by atoms with Crippen molar-refractivity contribution in [2.24, 2.45) is 0 Å². The fourth-order valence-electron chi connectivity index (χ4n) is 2.06. The molecular weight excluding hydrogens is 242 g/mol. The molecule has 1 aromatic rings. The van der Waals surface area contributed by atoms with E-state index in [2.05, 4.69) is 4.98 Å². The number of aliphatic hydroxyl groups excluding tert-OH is 3. The summed E-state index contributed by atoms with van der Waals surface area (Å²) in [4.78, 5) is 15.2. The molecule has 1 aliphatic rings. The molecule has 2 rings (SSSR count).